The molecule has 0 aromatic heterocycles. The fourth-order valence-corrected chi connectivity index (χ4v) is 2.05. The number of hydrogen-bond donors (Lipinski definition) is 1. The summed E-state index contributed by atoms with van der Waals surface area (Å²) in [6.45, 7) is 0.916. The van der Waals surface area contributed by atoms with Gasteiger partial charge in [-0.2, -0.15) is 0 Å². The highest BCUT2D eigenvalue weighted by molar-refractivity contribution is 5.64. The van der Waals surface area contributed by atoms with Gasteiger partial charge in [-0.15, -0.1) is 0 Å². The minimum Gasteiger partial charge on any atom is -0.310 e. The fourth-order valence-electron chi connectivity index (χ4n) is 2.05. The molecule has 1 saturated carbocycles. The molecule has 0 heterocycles. The van der Waals surface area contributed by atoms with E-state index in [9.17, 15) is 4.39 Å². The summed E-state index contributed by atoms with van der Waals surface area (Å²) in [5.74, 6) is -0.190. The van der Waals surface area contributed by atoms with E-state index in [1.165, 1.54) is 30.5 Å². The SMILES string of the molecule is Fc1ccc(-c2cccc(CNC3CC3)c2)cc1. The van der Waals surface area contributed by atoms with Gasteiger partial charge in [-0.1, -0.05) is 30.3 Å². The number of rotatable bonds is 4. The molecular formula is C16H16FN. The zero-order chi connectivity index (χ0) is 12.4. The Labute approximate surface area is 107 Å². The first kappa shape index (κ1) is 11.4. The van der Waals surface area contributed by atoms with Crippen LogP contribution in [0.3, 0.4) is 0 Å². The Bertz CT molecular complexity index is 529. The summed E-state index contributed by atoms with van der Waals surface area (Å²) in [6, 6.07) is 15.8. The second-order valence-corrected chi connectivity index (χ2v) is 4.86. The molecule has 0 bridgehead atoms. The van der Waals surface area contributed by atoms with Crippen LogP contribution in [0.15, 0.2) is 48.5 Å². The molecule has 0 atom stereocenters. The normalized spacial score (nSPS) is 14.7. The van der Waals surface area contributed by atoms with Gasteiger partial charge >= 0.3 is 0 Å². The van der Waals surface area contributed by atoms with Crippen LogP contribution in [-0.4, -0.2) is 6.04 Å². The molecule has 0 unspecified atom stereocenters. The van der Waals surface area contributed by atoms with Crippen molar-refractivity contribution in [1.82, 2.24) is 5.32 Å². The summed E-state index contributed by atoms with van der Waals surface area (Å²) in [6.07, 6.45) is 2.61. The van der Waals surface area contributed by atoms with Gasteiger partial charge in [0.05, 0.1) is 0 Å². The Kier molecular flexibility index (Phi) is 3.11. The lowest BCUT2D eigenvalue weighted by Crippen LogP contribution is -2.15. The monoisotopic (exact) mass is 241 g/mol. The van der Waals surface area contributed by atoms with Gasteiger partial charge in [-0.05, 0) is 47.7 Å². The van der Waals surface area contributed by atoms with Crippen molar-refractivity contribution in [2.45, 2.75) is 25.4 Å². The lowest BCUT2D eigenvalue weighted by Gasteiger charge is -2.06. The van der Waals surface area contributed by atoms with Crippen LogP contribution in [0.2, 0.25) is 0 Å². The zero-order valence-corrected chi connectivity index (χ0v) is 10.2. The number of nitrogens with one attached hydrogen (secondary N) is 1. The van der Waals surface area contributed by atoms with Crippen LogP contribution >= 0.6 is 0 Å². The van der Waals surface area contributed by atoms with E-state index in [0.29, 0.717) is 0 Å². The third kappa shape index (κ3) is 2.77. The maximum atomic E-state index is 12.9. The van der Waals surface area contributed by atoms with Crippen molar-refractivity contribution in [3.63, 3.8) is 0 Å². The van der Waals surface area contributed by atoms with Crippen molar-refractivity contribution in [2.75, 3.05) is 0 Å². The molecule has 3 rings (SSSR count). The maximum Gasteiger partial charge on any atom is 0.123 e. The molecule has 2 aromatic carbocycles. The van der Waals surface area contributed by atoms with Gasteiger partial charge in [-0.3, -0.25) is 0 Å². The summed E-state index contributed by atoms with van der Waals surface area (Å²) in [5, 5.41) is 3.50. The van der Waals surface area contributed by atoms with Crippen molar-refractivity contribution in [3.05, 3.63) is 59.9 Å². The van der Waals surface area contributed by atoms with Crippen LogP contribution in [-0.2, 0) is 6.54 Å². The smallest absolute Gasteiger partial charge is 0.123 e. The molecule has 92 valence electrons. The summed E-state index contributed by atoms with van der Waals surface area (Å²) >= 11 is 0. The van der Waals surface area contributed by atoms with Gasteiger partial charge in [0.25, 0.3) is 0 Å². The summed E-state index contributed by atoms with van der Waals surface area (Å²) < 4.78 is 12.9. The van der Waals surface area contributed by atoms with Crippen LogP contribution in [0, 0.1) is 5.82 Å². The minimum atomic E-state index is -0.190. The third-order valence-corrected chi connectivity index (χ3v) is 3.28. The molecule has 1 nitrogen and oxygen atoms in total. The molecule has 18 heavy (non-hydrogen) atoms. The van der Waals surface area contributed by atoms with Crippen molar-refractivity contribution < 1.29 is 4.39 Å². The van der Waals surface area contributed by atoms with Crippen LogP contribution in [0.1, 0.15) is 18.4 Å². The molecule has 0 amide bonds. The van der Waals surface area contributed by atoms with Crippen molar-refractivity contribution >= 4 is 0 Å². The lowest BCUT2D eigenvalue weighted by atomic mass is 10.0. The van der Waals surface area contributed by atoms with E-state index in [2.05, 4.69) is 29.6 Å². The zero-order valence-electron chi connectivity index (χ0n) is 10.2. The first-order valence-corrected chi connectivity index (χ1v) is 6.39. The lowest BCUT2D eigenvalue weighted by molar-refractivity contribution is 0.628. The van der Waals surface area contributed by atoms with E-state index in [4.69, 9.17) is 0 Å². The van der Waals surface area contributed by atoms with Gasteiger partial charge in [0.2, 0.25) is 0 Å². The highest BCUT2D eigenvalue weighted by Gasteiger charge is 2.19. The van der Waals surface area contributed by atoms with Crippen molar-refractivity contribution in [1.29, 1.82) is 0 Å². The van der Waals surface area contributed by atoms with E-state index in [1.54, 1.807) is 0 Å². The number of hydrogen-bond acceptors (Lipinski definition) is 1. The van der Waals surface area contributed by atoms with Crippen LogP contribution in [0.25, 0.3) is 11.1 Å². The number of benzene rings is 2. The first-order valence-electron chi connectivity index (χ1n) is 6.39. The van der Waals surface area contributed by atoms with E-state index < -0.39 is 0 Å². The number of halogens is 1. The van der Waals surface area contributed by atoms with Crippen molar-refractivity contribution in [3.8, 4) is 11.1 Å². The third-order valence-electron chi connectivity index (χ3n) is 3.28. The highest BCUT2D eigenvalue weighted by atomic mass is 19.1. The molecule has 0 aliphatic heterocycles. The van der Waals surface area contributed by atoms with Gasteiger partial charge < -0.3 is 5.32 Å². The Hall–Kier alpha value is -1.67. The molecule has 0 spiro atoms. The van der Waals surface area contributed by atoms with E-state index in [-0.39, 0.29) is 5.82 Å². The van der Waals surface area contributed by atoms with Crippen LogP contribution in [0.5, 0.6) is 0 Å². The van der Waals surface area contributed by atoms with E-state index >= 15 is 0 Å². The van der Waals surface area contributed by atoms with E-state index in [1.807, 2.05) is 12.1 Å². The van der Waals surface area contributed by atoms with Gasteiger partial charge in [0.1, 0.15) is 5.82 Å². The average Bonchev–Trinajstić information content (AvgIpc) is 3.22. The van der Waals surface area contributed by atoms with Gasteiger partial charge in [0, 0.05) is 12.6 Å². The fraction of sp³-hybridized carbons (Fsp3) is 0.250. The van der Waals surface area contributed by atoms with Crippen molar-refractivity contribution in [2.24, 2.45) is 0 Å². The Morgan fingerprint density at radius 3 is 2.50 bits per heavy atom. The molecule has 1 aliphatic carbocycles. The quantitative estimate of drug-likeness (QED) is 0.859. The van der Waals surface area contributed by atoms with Crippen LogP contribution in [0.4, 0.5) is 4.39 Å². The molecule has 1 fully saturated rings. The topological polar surface area (TPSA) is 12.0 Å². The van der Waals surface area contributed by atoms with Crippen LogP contribution < -0.4 is 5.32 Å². The standard InChI is InChI=1S/C16H16FN/c17-15-6-4-13(5-7-15)14-3-1-2-12(10-14)11-18-16-8-9-16/h1-7,10,16,18H,8-9,11H2. The Morgan fingerprint density at radius 2 is 1.78 bits per heavy atom. The minimum absolute atomic E-state index is 0.190. The molecular weight excluding hydrogens is 225 g/mol. The van der Waals surface area contributed by atoms with Gasteiger partial charge in [-0.25, -0.2) is 4.39 Å². The molecule has 0 saturated heterocycles. The summed E-state index contributed by atoms with van der Waals surface area (Å²) in [5.41, 5.74) is 3.48. The molecule has 0 radical (unpaired) electrons. The molecule has 2 heteroatoms. The maximum absolute atomic E-state index is 12.9. The predicted octanol–water partition coefficient (Wildman–Crippen LogP) is 3.74. The second-order valence-electron chi connectivity index (χ2n) is 4.86. The second kappa shape index (κ2) is 4.91. The van der Waals surface area contributed by atoms with E-state index in [0.717, 1.165) is 23.7 Å². The predicted molar refractivity (Wildman–Crippen MR) is 71.7 cm³/mol. The molecule has 2 aromatic rings. The molecule has 1 N–H and O–H groups in total. The highest BCUT2D eigenvalue weighted by Crippen LogP contribution is 2.22. The van der Waals surface area contributed by atoms with Gasteiger partial charge in [0.15, 0.2) is 0 Å². The Morgan fingerprint density at radius 1 is 1.00 bits per heavy atom. The first-order chi connectivity index (χ1) is 8.81. The Balaban J connectivity index is 1.78. The largest absolute Gasteiger partial charge is 0.310 e. The average molecular weight is 241 g/mol. The molecule has 1 aliphatic rings. The summed E-state index contributed by atoms with van der Waals surface area (Å²) in [7, 11) is 0. The summed E-state index contributed by atoms with van der Waals surface area (Å²) in [4.78, 5) is 0.